The summed E-state index contributed by atoms with van der Waals surface area (Å²) in [5, 5.41) is 0. The maximum Gasteiger partial charge on any atom is 0.0119 e. The van der Waals surface area contributed by atoms with Gasteiger partial charge < -0.3 is 0 Å². The largest absolute Gasteiger partial charge is 0.0618 e. The molecule has 1 unspecified atom stereocenters. The predicted octanol–water partition coefficient (Wildman–Crippen LogP) is 1.73. The van der Waals surface area contributed by atoms with Gasteiger partial charge in [-0.25, -0.2) is 0 Å². The zero-order valence-corrected chi connectivity index (χ0v) is 9.81. The molecule has 1 rings (SSSR count). The molecule has 0 spiro atoms. The molecule has 0 heterocycles. The highest BCUT2D eigenvalue weighted by Gasteiger charge is 1.99. The molecule has 0 N–H and O–H groups in total. The normalized spacial score (nSPS) is 13.4. The van der Waals surface area contributed by atoms with Crippen molar-refractivity contribution in [1.82, 2.24) is 0 Å². The molecule has 0 saturated carbocycles. The summed E-state index contributed by atoms with van der Waals surface area (Å²) < 4.78 is 0. The van der Waals surface area contributed by atoms with Crippen LogP contribution in [0.1, 0.15) is 29.2 Å². The highest BCUT2D eigenvalue weighted by Crippen LogP contribution is 2.15. The Balaban J connectivity index is 3.08. The van der Waals surface area contributed by atoms with Crippen LogP contribution in [0.4, 0.5) is 0 Å². The fourth-order valence-electron chi connectivity index (χ4n) is 1.34. The minimum absolute atomic E-state index is 0.786. The third-order valence-corrected chi connectivity index (χ3v) is 2.58. The first-order chi connectivity index (χ1) is 5.09. The molecule has 0 bridgehead atoms. The van der Waals surface area contributed by atoms with E-state index in [1.165, 1.54) is 26.9 Å². The summed E-state index contributed by atoms with van der Waals surface area (Å²) in [4.78, 5) is 0. The SMILES string of the molecule is Cc1cc(C)cc(C(C)[SiH3])c1. The second-order valence-electron chi connectivity index (χ2n) is 3.58. The van der Waals surface area contributed by atoms with Crippen LogP contribution >= 0.6 is 0 Å². The van der Waals surface area contributed by atoms with Crippen molar-refractivity contribution in [2.45, 2.75) is 26.3 Å². The van der Waals surface area contributed by atoms with E-state index in [0.29, 0.717) is 0 Å². The van der Waals surface area contributed by atoms with Gasteiger partial charge in [0.1, 0.15) is 0 Å². The minimum Gasteiger partial charge on any atom is -0.0618 e. The topological polar surface area (TPSA) is 0 Å². The average Bonchev–Trinajstić information content (AvgIpc) is 1.85. The van der Waals surface area contributed by atoms with E-state index in [4.69, 9.17) is 0 Å². The molecule has 0 radical (unpaired) electrons. The predicted molar refractivity (Wildman–Crippen MR) is 54.3 cm³/mol. The molecule has 0 aromatic heterocycles. The summed E-state index contributed by atoms with van der Waals surface area (Å²) in [7, 11) is 1.25. The molecule has 0 amide bonds. The van der Waals surface area contributed by atoms with E-state index in [2.05, 4.69) is 39.0 Å². The Morgan fingerprint density at radius 1 is 1.09 bits per heavy atom. The Labute approximate surface area is 72.1 Å². The molecule has 60 valence electrons. The van der Waals surface area contributed by atoms with Crippen molar-refractivity contribution >= 4 is 10.2 Å². The summed E-state index contributed by atoms with van der Waals surface area (Å²) in [5.41, 5.74) is 5.08. The Kier molecular flexibility index (Phi) is 2.50. The lowest BCUT2D eigenvalue weighted by molar-refractivity contribution is 1.07. The van der Waals surface area contributed by atoms with E-state index in [-0.39, 0.29) is 0 Å². The van der Waals surface area contributed by atoms with E-state index in [9.17, 15) is 0 Å². The van der Waals surface area contributed by atoms with Crippen LogP contribution in [0.25, 0.3) is 0 Å². The Bertz CT molecular complexity index is 231. The Morgan fingerprint density at radius 2 is 1.55 bits per heavy atom. The van der Waals surface area contributed by atoms with Gasteiger partial charge in [0.2, 0.25) is 0 Å². The zero-order chi connectivity index (χ0) is 8.43. The van der Waals surface area contributed by atoms with Gasteiger partial charge in [0, 0.05) is 10.2 Å². The van der Waals surface area contributed by atoms with Crippen molar-refractivity contribution in [2.24, 2.45) is 0 Å². The van der Waals surface area contributed by atoms with Gasteiger partial charge in [0.15, 0.2) is 0 Å². The molecular formula is C10H16Si. The number of benzene rings is 1. The lowest BCUT2D eigenvalue weighted by Crippen LogP contribution is -1.93. The summed E-state index contributed by atoms with van der Waals surface area (Å²) in [6.07, 6.45) is 0. The third kappa shape index (κ3) is 2.19. The first kappa shape index (κ1) is 8.53. The molecule has 1 aromatic rings. The van der Waals surface area contributed by atoms with Gasteiger partial charge >= 0.3 is 0 Å². The number of aryl methyl sites for hydroxylation is 2. The average molecular weight is 164 g/mol. The van der Waals surface area contributed by atoms with Gasteiger partial charge in [-0.1, -0.05) is 36.2 Å². The molecule has 0 nitrogen and oxygen atoms in total. The molecule has 1 aromatic carbocycles. The third-order valence-electron chi connectivity index (χ3n) is 1.91. The maximum absolute atomic E-state index is 2.30. The fraction of sp³-hybridized carbons (Fsp3) is 0.400. The first-order valence-corrected chi connectivity index (χ1v) is 5.33. The van der Waals surface area contributed by atoms with E-state index in [1.807, 2.05) is 0 Å². The standard InChI is InChI=1S/C10H16Si/c1-7-4-8(2)6-10(5-7)9(3)11/h4-6,9H,1-3,11H3. The second kappa shape index (κ2) is 3.22. The Morgan fingerprint density at radius 3 is 1.91 bits per heavy atom. The minimum atomic E-state index is 0.786. The molecule has 0 aliphatic carbocycles. The van der Waals surface area contributed by atoms with Crippen LogP contribution in [0.15, 0.2) is 18.2 Å². The summed E-state index contributed by atoms with van der Waals surface area (Å²) in [6, 6.07) is 6.82. The van der Waals surface area contributed by atoms with Crippen molar-refractivity contribution in [3.63, 3.8) is 0 Å². The maximum atomic E-state index is 2.30. The van der Waals surface area contributed by atoms with Crippen LogP contribution in [0.3, 0.4) is 0 Å². The van der Waals surface area contributed by atoms with Crippen molar-refractivity contribution in [1.29, 1.82) is 0 Å². The molecular weight excluding hydrogens is 148 g/mol. The highest BCUT2D eigenvalue weighted by molar-refractivity contribution is 6.12. The van der Waals surface area contributed by atoms with E-state index in [1.54, 1.807) is 0 Å². The summed E-state index contributed by atoms with van der Waals surface area (Å²) >= 11 is 0. The molecule has 0 aliphatic heterocycles. The van der Waals surface area contributed by atoms with Crippen LogP contribution in [0.2, 0.25) is 0 Å². The van der Waals surface area contributed by atoms with Crippen LogP contribution < -0.4 is 0 Å². The van der Waals surface area contributed by atoms with Crippen LogP contribution in [-0.4, -0.2) is 10.2 Å². The van der Waals surface area contributed by atoms with Crippen molar-refractivity contribution in [2.75, 3.05) is 0 Å². The van der Waals surface area contributed by atoms with E-state index < -0.39 is 0 Å². The number of rotatable bonds is 1. The fourth-order valence-corrected chi connectivity index (χ4v) is 1.68. The van der Waals surface area contributed by atoms with Crippen LogP contribution in [0, 0.1) is 13.8 Å². The van der Waals surface area contributed by atoms with Gasteiger partial charge in [0.05, 0.1) is 0 Å². The quantitative estimate of drug-likeness (QED) is 0.555. The number of hydrogen-bond acceptors (Lipinski definition) is 0. The van der Waals surface area contributed by atoms with Crippen LogP contribution in [-0.2, 0) is 0 Å². The van der Waals surface area contributed by atoms with Gasteiger partial charge in [-0.3, -0.25) is 0 Å². The van der Waals surface area contributed by atoms with Crippen molar-refractivity contribution in [3.8, 4) is 0 Å². The Hall–Kier alpha value is -0.563. The molecule has 0 aliphatic rings. The lowest BCUT2D eigenvalue weighted by Gasteiger charge is -2.07. The van der Waals surface area contributed by atoms with Crippen molar-refractivity contribution in [3.05, 3.63) is 34.9 Å². The monoisotopic (exact) mass is 164 g/mol. The molecule has 1 atom stereocenters. The van der Waals surface area contributed by atoms with Crippen molar-refractivity contribution < 1.29 is 0 Å². The molecule has 0 saturated heterocycles. The van der Waals surface area contributed by atoms with Crippen LogP contribution in [0.5, 0.6) is 0 Å². The van der Waals surface area contributed by atoms with Gasteiger partial charge in [0.25, 0.3) is 0 Å². The second-order valence-corrected chi connectivity index (χ2v) is 5.31. The number of hydrogen-bond donors (Lipinski definition) is 0. The summed E-state index contributed by atoms with van der Waals surface area (Å²) in [5.74, 6) is 0. The van der Waals surface area contributed by atoms with Gasteiger partial charge in [-0.15, -0.1) is 0 Å². The van der Waals surface area contributed by atoms with Gasteiger partial charge in [-0.05, 0) is 25.0 Å². The lowest BCUT2D eigenvalue weighted by atomic mass is 10.1. The molecule has 0 fully saturated rings. The molecule has 1 heteroatoms. The van der Waals surface area contributed by atoms with E-state index in [0.717, 1.165) is 5.54 Å². The molecule has 11 heavy (non-hydrogen) atoms. The first-order valence-electron chi connectivity index (χ1n) is 4.18. The zero-order valence-electron chi connectivity index (χ0n) is 7.81. The smallest absolute Gasteiger partial charge is 0.0119 e. The van der Waals surface area contributed by atoms with E-state index >= 15 is 0 Å². The van der Waals surface area contributed by atoms with Gasteiger partial charge in [-0.2, -0.15) is 0 Å². The summed E-state index contributed by atoms with van der Waals surface area (Å²) in [6.45, 7) is 6.63. The highest BCUT2D eigenvalue weighted by atomic mass is 28.1.